The molecule has 0 aliphatic rings. The molecule has 1 aromatic heterocycles. The SMILES string of the molecule is CCNC(c1sccc1Br)c1ccc(Cl)c2ccccc12. The minimum atomic E-state index is 0.173. The standard InChI is InChI=1S/C17H15BrClNS/c1-2-20-16(17-14(18)9-10-21-17)13-7-8-15(19)12-6-4-3-5-11(12)13/h3-10,16,20H,2H2,1H3. The fraction of sp³-hybridized carbons (Fsp3) is 0.176. The van der Waals surface area contributed by atoms with Crippen LogP contribution in [0.2, 0.25) is 5.02 Å². The molecule has 1 atom stereocenters. The van der Waals surface area contributed by atoms with Crippen molar-refractivity contribution in [1.29, 1.82) is 0 Å². The van der Waals surface area contributed by atoms with Gasteiger partial charge in [-0.25, -0.2) is 0 Å². The lowest BCUT2D eigenvalue weighted by Gasteiger charge is -2.20. The summed E-state index contributed by atoms with van der Waals surface area (Å²) in [4.78, 5) is 1.30. The highest BCUT2D eigenvalue weighted by atomic mass is 79.9. The van der Waals surface area contributed by atoms with Crippen LogP contribution in [0.1, 0.15) is 23.4 Å². The van der Waals surface area contributed by atoms with Crippen LogP contribution in [0.4, 0.5) is 0 Å². The molecule has 0 aliphatic heterocycles. The van der Waals surface area contributed by atoms with Crippen molar-refractivity contribution in [2.75, 3.05) is 6.54 Å². The average Bonchev–Trinajstić information content (AvgIpc) is 2.92. The molecule has 0 saturated heterocycles. The third-order valence-corrected chi connectivity index (χ3v) is 5.80. The van der Waals surface area contributed by atoms with Gasteiger partial charge >= 0.3 is 0 Å². The summed E-state index contributed by atoms with van der Waals surface area (Å²) >= 11 is 11.8. The van der Waals surface area contributed by atoms with Crippen LogP contribution in [0.25, 0.3) is 10.8 Å². The van der Waals surface area contributed by atoms with Crippen molar-refractivity contribution >= 4 is 49.6 Å². The Morgan fingerprint density at radius 1 is 1.14 bits per heavy atom. The minimum absolute atomic E-state index is 0.173. The first-order valence-electron chi connectivity index (χ1n) is 6.85. The molecular weight excluding hydrogens is 366 g/mol. The second-order valence-corrected chi connectivity index (χ2v) is 7.01. The van der Waals surface area contributed by atoms with Gasteiger partial charge in [0.1, 0.15) is 0 Å². The molecule has 0 amide bonds. The Morgan fingerprint density at radius 3 is 2.57 bits per heavy atom. The molecule has 2 aromatic carbocycles. The third-order valence-electron chi connectivity index (χ3n) is 3.53. The van der Waals surface area contributed by atoms with E-state index in [0.29, 0.717) is 0 Å². The predicted molar refractivity (Wildman–Crippen MR) is 96.5 cm³/mol. The molecule has 108 valence electrons. The molecule has 1 nitrogen and oxygen atoms in total. The van der Waals surface area contributed by atoms with E-state index in [2.05, 4.69) is 63.9 Å². The number of halogens is 2. The fourth-order valence-corrected chi connectivity index (χ4v) is 4.52. The molecule has 1 heterocycles. The Bertz CT molecular complexity index is 768. The molecule has 21 heavy (non-hydrogen) atoms. The maximum absolute atomic E-state index is 6.34. The number of nitrogens with one attached hydrogen (secondary N) is 1. The molecule has 1 unspecified atom stereocenters. The van der Waals surface area contributed by atoms with Crippen molar-refractivity contribution in [3.63, 3.8) is 0 Å². The average molecular weight is 381 g/mol. The molecule has 0 saturated carbocycles. The molecule has 4 heteroatoms. The molecule has 0 fully saturated rings. The van der Waals surface area contributed by atoms with Gasteiger partial charge in [-0.15, -0.1) is 11.3 Å². The smallest absolute Gasteiger partial charge is 0.0688 e. The van der Waals surface area contributed by atoms with E-state index in [4.69, 9.17) is 11.6 Å². The summed E-state index contributed by atoms with van der Waals surface area (Å²) in [5.41, 5.74) is 1.26. The van der Waals surface area contributed by atoms with Crippen molar-refractivity contribution in [2.24, 2.45) is 0 Å². The lowest BCUT2D eigenvalue weighted by molar-refractivity contribution is 0.642. The summed E-state index contributed by atoms with van der Waals surface area (Å²) in [5.74, 6) is 0. The highest BCUT2D eigenvalue weighted by molar-refractivity contribution is 9.10. The van der Waals surface area contributed by atoms with E-state index in [1.54, 1.807) is 11.3 Å². The summed E-state index contributed by atoms with van der Waals surface area (Å²) in [7, 11) is 0. The second-order valence-electron chi connectivity index (χ2n) is 4.81. The van der Waals surface area contributed by atoms with Crippen LogP contribution >= 0.6 is 38.9 Å². The Kier molecular flexibility index (Phi) is 4.65. The van der Waals surface area contributed by atoms with E-state index < -0.39 is 0 Å². The fourth-order valence-electron chi connectivity index (χ4n) is 2.60. The first-order chi connectivity index (χ1) is 10.2. The van der Waals surface area contributed by atoms with E-state index in [-0.39, 0.29) is 6.04 Å². The lowest BCUT2D eigenvalue weighted by atomic mass is 9.97. The second kappa shape index (κ2) is 6.49. The molecule has 0 bridgehead atoms. The van der Waals surface area contributed by atoms with Gasteiger partial charge in [-0.1, -0.05) is 48.9 Å². The number of thiophene rings is 1. The van der Waals surface area contributed by atoms with Gasteiger partial charge in [0.05, 0.1) is 6.04 Å². The lowest BCUT2D eigenvalue weighted by Crippen LogP contribution is -2.21. The Labute approximate surface area is 142 Å². The summed E-state index contributed by atoms with van der Waals surface area (Å²) in [6.45, 7) is 3.04. The van der Waals surface area contributed by atoms with Gasteiger partial charge in [-0.05, 0) is 50.9 Å². The number of rotatable bonds is 4. The monoisotopic (exact) mass is 379 g/mol. The van der Waals surface area contributed by atoms with E-state index in [9.17, 15) is 0 Å². The highest BCUT2D eigenvalue weighted by Gasteiger charge is 2.19. The van der Waals surface area contributed by atoms with Crippen LogP contribution in [0.3, 0.4) is 0 Å². The van der Waals surface area contributed by atoms with Crippen LogP contribution in [0.15, 0.2) is 52.3 Å². The van der Waals surface area contributed by atoms with Crippen molar-refractivity contribution in [3.8, 4) is 0 Å². The molecule has 0 radical (unpaired) electrons. The number of hydrogen-bond acceptors (Lipinski definition) is 2. The normalized spacial score (nSPS) is 12.7. The van der Waals surface area contributed by atoms with Gasteiger partial charge in [0.25, 0.3) is 0 Å². The molecule has 3 rings (SSSR count). The number of benzene rings is 2. The Balaban J connectivity index is 2.21. The first-order valence-corrected chi connectivity index (χ1v) is 8.91. The maximum atomic E-state index is 6.34. The molecule has 0 aliphatic carbocycles. The summed E-state index contributed by atoms with van der Waals surface area (Å²) in [6, 6.07) is 14.7. The van der Waals surface area contributed by atoms with Crippen LogP contribution in [-0.2, 0) is 0 Å². The quantitative estimate of drug-likeness (QED) is 0.584. The van der Waals surface area contributed by atoms with E-state index in [0.717, 1.165) is 21.4 Å². The van der Waals surface area contributed by atoms with E-state index in [1.165, 1.54) is 15.8 Å². The molecule has 1 N–H and O–H groups in total. The van der Waals surface area contributed by atoms with Gasteiger partial charge in [0.2, 0.25) is 0 Å². The molecular formula is C17H15BrClNS. The van der Waals surface area contributed by atoms with Gasteiger partial charge in [0.15, 0.2) is 0 Å². The maximum Gasteiger partial charge on any atom is 0.0688 e. The largest absolute Gasteiger partial charge is 0.306 e. The highest BCUT2D eigenvalue weighted by Crippen LogP contribution is 2.37. The summed E-state index contributed by atoms with van der Waals surface area (Å²) in [5, 5.41) is 8.81. The van der Waals surface area contributed by atoms with Gasteiger partial charge in [-0.2, -0.15) is 0 Å². The van der Waals surface area contributed by atoms with Crippen LogP contribution < -0.4 is 5.32 Å². The van der Waals surface area contributed by atoms with Crippen molar-refractivity contribution in [2.45, 2.75) is 13.0 Å². The van der Waals surface area contributed by atoms with Crippen molar-refractivity contribution in [1.82, 2.24) is 5.32 Å². The third kappa shape index (κ3) is 2.88. The molecule has 0 spiro atoms. The first kappa shape index (κ1) is 15.0. The Morgan fingerprint density at radius 2 is 1.90 bits per heavy atom. The predicted octanol–water partition coefficient (Wildman–Crippen LogP) is 6.02. The molecule has 3 aromatic rings. The zero-order valence-corrected chi connectivity index (χ0v) is 14.7. The van der Waals surface area contributed by atoms with Gasteiger partial charge in [0, 0.05) is 19.8 Å². The zero-order chi connectivity index (χ0) is 14.8. The summed E-state index contributed by atoms with van der Waals surface area (Å²) < 4.78 is 1.15. The van der Waals surface area contributed by atoms with Crippen molar-refractivity contribution < 1.29 is 0 Å². The van der Waals surface area contributed by atoms with Gasteiger partial charge < -0.3 is 5.32 Å². The van der Waals surface area contributed by atoms with Crippen LogP contribution in [0, 0.1) is 0 Å². The van der Waals surface area contributed by atoms with Gasteiger partial charge in [-0.3, -0.25) is 0 Å². The zero-order valence-electron chi connectivity index (χ0n) is 11.6. The number of fused-ring (bicyclic) bond motifs is 1. The van der Waals surface area contributed by atoms with Crippen LogP contribution in [0.5, 0.6) is 0 Å². The minimum Gasteiger partial charge on any atom is -0.306 e. The van der Waals surface area contributed by atoms with E-state index in [1.807, 2.05) is 12.1 Å². The van der Waals surface area contributed by atoms with Crippen LogP contribution in [-0.4, -0.2) is 6.54 Å². The van der Waals surface area contributed by atoms with Crippen molar-refractivity contribution in [3.05, 3.63) is 67.8 Å². The van der Waals surface area contributed by atoms with E-state index >= 15 is 0 Å². The topological polar surface area (TPSA) is 12.0 Å². The Hall–Kier alpha value is -0.870. The number of hydrogen-bond donors (Lipinski definition) is 1. The summed E-state index contributed by atoms with van der Waals surface area (Å²) in [6.07, 6.45) is 0.